The van der Waals surface area contributed by atoms with Crippen molar-refractivity contribution in [3.63, 3.8) is 0 Å². The monoisotopic (exact) mass is 441 g/mol. The molecule has 1 heterocycles. The number of hydrazone groups is 1. The van der Waals surface area contributed by atoms with Crippen molar-refractivity contribution in [3.05, 3.63) is 53.6 Å². The van der Waals surface area contributed by atoms with Crippen LogP contribution in [0.15, 0.2) is 52.5 Å². The van der Waals surface area contributed by atoms with Crippen molar-refractivity contribution in [2.45, 2.75) is 18.7 Å². The Hall–Kier alpha value is -3.26. The Labute approximate surface area is 181 Å². The second kappa shape index (κ2) is 9.70. The second-order valence-electron chi connectivity index (χ2n) is 7.00. The van der Waals surface area contributed by atoms with E-state index in [4.69, 9.17) is 4.74 Å². The molecule has 1 amide bonds. The first kappa shape index (κ1) is 22.4. The minimum Gasteiger partial charge on any atom is -0.379 e. The molecule has 3 rings (SSSR count). The molecule has 2 aromatic rings. The molecular weight excluding hydrogens is 418 g/mol. The fraction of sp³-hybridized carbons (Fsp3) is 0.286. The Morgan fingerprint density at radius 1 is 1.13 bits per heavy atom. The van der Waals surface area contributed by atoms with E-state index in [2.05, 4.69) is 15.8 Å². The van der Waals surface area contributed by atoms with Gasteiger partial charge in [-0.1, -0.05) is 17.7 Å². The quantitative estimate of drug-likeness (QED) is 0.523. The number of hydrogen-bond donors (Lipinski definition) is 2. The van der Waals surface area contributed by atoms with E-state index in [1.807, 2.05) is 26.0 Å². The average Bonchev–Trinajstić information content (AvgIpc) is 2.77. The van der Waals surface area contributed by atoms with Gasteiger partial charge in [-0.2, -0.15) is 14.7 Å². The normalized spacial score (nSPS) is 15.2. The van der Waals surface area contributed by atoms with Gasteiger partial charge in [0.1, 0.15) is 6.07 Å². The molecular formula is C21H23N5O4S. The maximum Gasteiger partial charge on any atom is 0.287 e. The number of aryl methyl sites for hydroxylation is 2. The standard InChI is InChI=1S/C21H23N5O4S/c1-15-3-8-19(16(2)13-15)23-21(27)20(14-22)25-24-17-4-6-18(7-5-17)31(28,29)26-9-11-30-12-10-26/h3-8,13,24H,9-12H2,1-2H3,(H,23,27)/b25-20-. The Kier molecular flexibility index (Phi) is 7.02. The number of amides is 1. The van der Waals surface area contributed by atoms with Gasteiger partial charge in [-0.25, -0.2) is 8.42 Å². The number of hydrogen-bond acceptors (Lipinski definition) is 7. The fourth-order valence-corrected chi connectivity index (χ4v) is 4.43. The van der Waals surface area contributed by atoms with E-state index in [1.54, 1.807) is 12.1 Å². The molecule has 0 atom stereocenters. The van der Waals surface area contributed by atoms with Crippen LogP contribution >= 0.6 is 0 Å². The highest BCUT2D eigenvalue weighted by Gasteiger charge is 2.26. The molecule has 31 heavy (non-hydrogen) atoms. The van der Waals surface area contributed by atoms with Gasteiger partial charge >= 0.3 is 0 Å². The number of nitrogens with one attached hydrogen (secondary N) is 2. The van der Waals surface area contributed by atoms with Crippen LogP contribution in [0.4, 0.5) is 11.4 Å². The SMILES string of the molecule is Cc1ccc(NC(=O)/C(C#N)=N\Nc2ccc(S(=O)(=O)N3CCOCC3)cc2)c(C)c1. The number of morpholine rings is 1. The Morgan fingerprint density at radius 3 is 2.42 bits per heavy atom. The van der Waals surface area contributed by atoms with Gasteiger partial charge in [0.25, 0.3) is 5.91 Å². The molecule has 0 unspecified atom stereocenters. The van der Waals surface area contributed by atoms with Crippen molar-refractivity contribution >= 4 is 33.0 Å². The van der Waals surface area contributed by atoms with Gasteiger partial charge in [-0.05, 0) is 49.7 Å². The van der Waals surface area contributed by atoms with Crippen LogP contribution in [0.25, 0.3) is 0 Å². The van der Waals surface area contributed by atoms with Gasteiger partial charge in [0, 0.05) is 18.8 Å². The maximum atomic E-state index is 12.6. The van der Waals surface area contributed by atoms with Gasteiger partial charge in [-0.3, -0.25) is 10.2 Å². The summed E-state index contributed by atoms with van der Waals surface area (Å²) in [6.07, 6.45) is 0. The number of carbonyl (C=O) groups is 1. The number of nitrogens with zero attached hydrogens (tertiary/aromatic N) is 3. The lowest BCUT2D eigenvalue weighted by atomic mass is 10.1. The zero-order chi connectivity index (χ0) is 22.4. The summed E-state index contributed by atoms with van der Waals surface area (Å²) < 4.78 is 31.9. The third kappa shape index (κ3) is 5.46. The summed E-state index contributed by atoms with van der Waals surface area (Å²) in [6.45, 7) is 5.17. The van der Waals surface area contributed by atoms with Gasteiger partial charge in [0.05, 0.1) is 23.8 Å². The third-order valence-electron chi connectivity index (χ3n) is 4.71. The summed E-state index contributed by atoms with van der Waals surface area (Å²) in [5, 5.41) is 15.8. The van der Waals surface area contributed by atoms with Crippen molar-refractivity contribution in [1.82, 2.24) is 4.31 Å². The Balaban J connectivity index is 1.68. The van der Waals surface area contributed by atoms with E-state index in [0.717, 1.165) is 11.1 Å². The highest BCUT2D eigenvalue weighted by molar-refractivity contribution is 7.89. The largest absolute Gasteiger partial charge is 0.379 e. The zero-order valence-corrected chi connectivity index (χ0v) is 18.1. The lowest BCUT2D eigenvalue weighted by Gasteiger charge is -2.26. The number of carbonyl (C=O) groups excluding carboxylic acids is 1. The van der Waals surface area contributed by atoms with E-state index in [0.29, 0.717) is 37.7 Å². The van der Waals surface area contributed by atoms with Gasteiger partial charge in [0.2, 0.25) is 15.7 Å². The van der Waals surface area contributed by atoms with Crippen LogP contribution < -0.4 is 10.7 Å². The highest BCUT2D eigenvalue weighted by Crippen LogP contribution is 2.20. The van der Waals surface area contributed by atoms with Crippen LogP contribution in [-0.2, 0) is 19.6 Å². The first-order valence-corrected chi connectivity index (χ1v) is 11.1. The average molecular weight is 442 g/mol. The zero-order valence-electron chi connectivity index (χ0n) is 17.3. The molecule has 162 valence electrons. The van der Waals surface area contributed by atoms with Crippen molar-refractivity contribution < 1.29 is 17.9 Å². The first-order chi connectivity index (χ1) is 14.8. The molecule has 9 nitrogen and oxygen atoms in total. The molecule has 2 aromatic carbocycles. The number of sulfonamides is 1. The van der Waals surface area contributed by atoms with Crippen molar-refractivity contribution in [3.8, 4) is 6.07 Å². The molecule has 10 heteroatoms. The summed E-state index contributed by atoms with van der Waals surface area (Å²) in [4.78, 5) is 12.5. The first-order valence-electron chi connectivity index (χ1n) is 9.61. The van der Waals surface area contributed by atoms with E-state index >= 15 is 0 Å². The van der Waals surface area contributed by atoms with E-state index in [9.17, 15) is 18.5 Å². The molecule has 1 saturated heterocycles. The molecule has 0 aliphatic carbocycles. The lowest BCUT2D eigenvalue weighted by molar-refractivity contribution is -0.110. The molecule has 0 spiro atoms. The minimum atomic E-state index is -3.60. The predicted octanol–water partition coefficient (Wildman–Crippen LogP) is 2.25. The number of rotatable bonds is 6. The molecule has 1 fully saturated rings. The van der Waals surface area contributed by atoms with Crippen LogP contribution in [0.3, 0.4) is 0 Å². The molecule has 2 N–H and O–H groups in total. The van der Waals surface area contributed by atoms with Crippen molar-refractivity contribution in [1.29, 1.82) is 5.26 Å². The third-order valence-corrected chi connectivity index (χ3v) is 6.62. The second-order valence-corrected chi connectivity index (χ2v) is 8.94. The van der Waals surface area contributed by atoms with Crippen LogP contribution in [0, 0.1) is 25.2 Å². The van der Waals surface area contributed by atoms with E-state index < -0.39 is 15.9 Å². The Morgan fingerprint density at radius 2 is 1.81 bits per heavy atom. The smallest absolute Gasteiger partial charge is 0.287 e. The number of anilines is 2. The van der Waals surface area contributed by atoms with Gasteiger partial charge in [0.15, 0.2) is 0 Å². The summed E-state index contributed by atoms with van der Waals surface area (Å²) in [5.41, 5.74) is 5.23. The molecule has 1 aliphatic rings. The summed E-state index contributed by atoms with van der Waals surface area (Å²) in [6, 6.07) is 13.2. The highest BCUT2D eigenvalue weighted by atomic mass is 32.2. The molecule has 1 aliphatic heterocycles. The molecule has 0 radical (unpaired) electrons. The van der Waals surface area contributed by atoms with Gasteiger partial charge in [-0.15, -0.1) is 0 Å². The maximum absolute atomic E-state index is 12.6. The summed E-state index contributed by atoms with van der Waals surface area (Å²) >= 11 is 0. The van der Waals surface area contributed by atoms with E-state index in [-0.39, 0.29) is 10.6 Å². The van der Waals surface area contributed by atoms with Crippen molar-refractivity contribution in [2.24, 2.45) is 5.10 Å². The number of benzene rings is 2. The van der Waals surface area contributed by atoms with Crippen LogP contribution in [-0.4, -0.2) is 50.6 Å². The summed E-state index contributed by atoms with van der Waals surface area (Å²) in [7, 11) is -3.60. The summed E-state index contributed by atoms with van der Waals surface area (Å²) in [5.74, 6) is -0.645. The van der Waals surface area contributed by atoms with Crippen LogP contribution in [0.1, 0.15) is 11.1 Å². The number of nitriles is 1. The van der Waals surface area contributed by atoms with E-state index in [1.165, 1.54) is 28.6 Å². The minimum absolute atomic E-state index is 0.150. The predicted molar refractivity (Wildman–Crippen MR) is 117 cm³/mol. The topological polar surface area (TPSA) is 124 Å². The fourth-order valence-electron chi connectivity index (χ4n) is 3.02. The molecule has 0 saturated carbocycles. The van der Waals surface area contributed by atoms with Crippen molar-refractivity contribution in [2.75, 3.05) is 37.0 Å². The Bertz CT molecular complexity index is 1130. The van der Waals surface area contributed by atoms with Crippen LogP contribution in [0.5, 0.6) is 0 Å². The molecule has 0 bridgehead atoms. The van der Waals surface area contributed by atoms with Gasteiger partial charge < -0.3 is 10.1 Å². The lowest BCUT2D eigenvalue weighted by Crippen LogP contribution is -2.40. The number of ether oxygens (including phenoxy) is 1. The molecule has 0 aromatic heterocycles. The van der Waals surface area contributed by atoms with Crippen LogP contribution in [0.2, 0.25) is 0 Å².